The van der Waals surface area contributed by atoms with Crippen LogP contribution < -0.4 is 10.6 Å². The first-order chi connectivity index (χ1) is 9.15. The van der Waals surface area contributed by atoms with Crippen LogP contribution in [0.15, 0.2) is 12.3 Å². The van der Waals surface area contributed by atoms with Crippen molar-refractivity contribution in [2.75, 3.05) is 24.3 Å². The lowest BCUT2D eigenvalue weighted by Crippen LogP contribution is -2.34. The zero-order chi connectivity index (χ0) is 13.8. The van der Waals surface area contributed by atoms with Gasteiger partial charge >= 0.3 is 5.97 Å². The van der Waals surface area contributed by atoms with E-state index in [1.165, 1.54) is 20.0 Å². The molecule has 0 saturated carbocycles. The molecule has 0 radical (unpaired) electrons. The lowest BCUT2D eigenvalue weighted by molar-refractivity contribution is 0.0602. The third kappa shape index (κ3) is 2.80. The molecule has 5 heteroatoms. The molecule has 0 bridgehead atoms. The van der Waals surface area contributed by atoms with E-state index in [2.05, 4.69) is 16.8 Å². The SMILES string of the molecule is COC(=O)c1ccnc(N2CCCCCC2C)c1N. The lowest BCUT2D eigenvalue weighted by atomic mass is 10.1. The van der Waals surface area contributed by atoms with Gasteiger partial charge in [0, 0.05) is 18.8 Å². The minimum absolute atomic E-state index is 0.393. The van der Waals surface area contributed by atoms with Crippen molar-refractivity contribution in [2.24, 2.45) is 0 Å². The minimum atomic E-state index is -0.413. The summed E-state index contributed by atoms with van der Waals surface area (Å²) in [6.07, 6.45) is 6.35. The molecule has 5 nitrogen and oxygen atoms in total. The summed E-state index contributed by atoms with van der Waals surface area (Å²) in [5, 5.41) is 0. The topological polar surface area (TPSA) is 68.5 Å². The van der Waals surface area contributed by atoms with Gasteiger partial charge in [0.2, 0.25) is 0 Å². The number of nitrogen functional groups attached to an aromatic ring is 1. The number of pyridine rings is 1. The highest BCUT2D eigenvalue weighted by Gasteiger charge is 2.23. The zero-order valence-corrected chi connectivity index (χ0v) is 11.6. The van der Waals surface area contributed by atoms with Crippen LogP contribution in [0.3, 0.4) is 0 Å². The van der Waals surface area contributed by atoms with E-state index in [1.807, 2.05) is 0 Å². The van der Waals surface area contributed by atoms with Crippen LogP contribution in [0.25, 0.3) is 0 Å². The van der Waals surface area contributed by atoms with Crippen molar-refractivity contribution in [2.45, 2.75) is 38.6 Å². The second kappa shape index (κ2) is 5.91. The van der Waals surface area contributed by atoms with Gasteiger partial charge in [0.1, 0.15) is 0 Å². The maximum atomic E-state index is 11.7. The van der Waals surface area contributed by atoms with E-state index in [-0.39, 0.29) is 0 Å². The Labute approximate surface area is 113 Å². The molecule has 1 aromatic rings. The molecule has 104 valence electrons. The normalized spacial score (nSPS) is 19.9. The molecule has 0 spiro atoms. The Hall–Kier alpha value is -1.78. The van der Waals surface area contributed by atoms with Crippen molar-refractivity contribution in [1.82, 2.24) is 4.98 Å². The number of esters is 1. The monoisotopic (exact) mass is 263 g/mol. The van der Waals surface area contributed by atoms with Gasteiger partial charge in [0.05, 0.1) is 18.4 Å². The number of nitrogens with zero attached hydrogens (tertiary/aromatic N) is 2. The summed E-state index contributed by atoms with van der Waals surface area (Å²) in [5.41, 5.74) is 6.91. The molecule has 1 fully saturated rings. The van der Waals surface area contributed by atoms with Gasteiger partial charge in [-0.05, 0) is 25.8 Å². The van der Waals surface area contributed by atoms with Crippen LogP contribution in [0.5, 0.6) is 0 Å². The van der Waals surface area contributed by atoms with Gasteiger partial charge in [-0.1, -0.05) is 12.8 Å². The maximum Gasteiger partial charge on any atom is 0.340 e. The molecule has 0 amide bonds. The number of aromatic nitrogens is 1. The van der Waals surface area contributed by atoms with Gasteiger partial charge in [0.25, 0.3) is 0 Å². The predicted molar refractivity (Wildman–Crippen MR) is 75.3 cm³/mol. The molecule has 19 heavy (non-hydrogen) atoms. The molecule has 2 rings (SSSR count). The molecule has 2 N–H and O–H groups in total. The van der Waals surface area contributed by atoms with Crippen LogP contribution in [-0.2, 0) is 4.74 Å². The number of hydrogen-bond acceptors (Lipinski definition) is 5. The number of nitrogens with two attached hydrogens (primary N) is 1. The van der Waals surface area contributed by atoms with E-state index in [9.17, 15) is 4.79 Å². The largest absolute Gasteiger partial charge is 0.465 e. The van der Waals surface area contributed by atoms with E-state index in [0.717, 1.165) is 19.4 Å². The molecule has 1 aliphatic heterocycles. The summed E-state index contributed by atoms with van der Waals surface area (Å²) in [5.74, 6) is 0.293. The molecule has 1 aromatic heterocycles. The number of carbonyl (C=O) groups is 1. The number of carbonyl (C=O) groups excluding carboxylic acids is 1. The first-order valence-electron chi connectivity index (χ1n) is 6.74. The third-order valence-corrected chi connectivity index (χ3v) is 3.70. The smallest absolute Gasteiger partial charge is 0.340 e. The number of methoxy groups -OCH3 is 1. The van der Waals surface area contributed by atoms with Crippen molar-refractivity contribution in [1.29, 1.82) is 0 Å². The quantitative estimate of drug-likeness (QED) is 0.829. The van der Waals surface area contributed by atoms with Gasteiger partial charge in [-0.25, -0.2) is 9.78 Å². The summed E-state index contributed by atoms with van der Waals surface area (Å²) < 4.78 is 4.75. The first kappa shape index (κ1) is 13.6. The molecule has 0 aliphatic carbocycles. The van der Waals surface area contributed by atoms with Crippen LogP contribution in [-0.4, -0.2) is 30.6 Å². The third-order valence-electron chi connectivity index (χ3n) is 3.70. The highest BCUT2D eigenvalue weighted by Crippen LogP contribution is 2.29. The second-order valence-corrected chi connectivity index (χ2v) is 4.98. The summed E-state index contributed by atoms with van der Waals surface area (Å²) in [4.78, 5) is 18.2. The Bertz CT molecular complexity index is 462. The first-order valence-corrected chi connectivity index (χ1v) is 6.74. The summed E-state index contributed by atoms with van der Waals surface area (Å²) in [6.45, 7) is 3.11. The molecule has 1 saturated heterocycles. The average molecular weight is 263 g/mol. The zero-order valence-electron chi connectivity index (χ0n) is 11.6. The van der Waals surface area contributed by atoms with Crippen molar-refractivity contribution in [3.8, 4) is 0 Å². The van der Waals surface area contributed by atoms with E-state index in [1.54, 1.807) is 12.3 Å². The highest BCUT2D eigenvalue weighted by atomic mass is 16.5. The van der Waals surface area contributed by atoms with E-state index in [0.29, 0.717) is 23.1 Å². The predicted octanol–water partition coefficient (Wildman–Crippen LogP) is 2.22. The summed E-state index contributed by atoms with van der Waals surface area (Å²) in [6, 6.07) is 2.00. The van der Waals surface area contributed by atoms with Gasteiger partial charge in [0.15, 0.2) is 5.82 Å². The van der Waals surface area contributed by atoms with E-state index < -0.39 is 5.97 Å². The molecule has 1 unspecified atom stereocenters. The van der Waals surface area contributed by atoms with Crippen LogP contribution in [0.1, 0.15) is 43.0 Å². The van der Waals surface area contributed by atoms with Crippen molar-refractivity contribution < 1.29 is 9.53 Å². The number of hydrogen-bond donors (Lipinski definition) is 1. The second-order valence-electron chi connectivity index (χ2n) is 4.98. The Balaban J connectivity index is 2.35. The van der Waals surface area contributed by atoms with Crippen LogP contribution in [0.2, 0.25) is 0 Å². The van der Waals surface area contributed by atoms with Crippen molar-refractivity contribution >= 4 is 17.5 Å². The summed E-state index contributed by atoms with van der Waals surface area (Å²) >= 11 is 0. The fourth-order valence-electron chi connectivity index (χ4n) is 2.57. The molecule has 2 heterocycles. The van der Waals surface area contributed by atoms with Crippen LogP contribution >= 0.6 is 0 Å². The van der Waals surface area contributed by atoms with Gasteiger partial charge in [-0.15, -0.1) is 0 Å². The fraction of sp³-hybridized carbons (Fsp3) is 0.571. The summed E-state index contributed by atoms with van der Waals surface area (Å²) in [7, 11) is 1.36. The highest BCUT2D eigenvalue weighted by molar-refractivity contribution is 5.97. The van der Waals surface area contributed by atoms with Crippen LogP contribution in [0.4, 0.5) is 11.5 Å². The van der Waals surface area contributed by atoms with Crippen molar-refractivity contribution in [3.05, 3.63) is 17.8 Å². The number of ether oxygens (including phenoxy) is 1. The van der Waals surface area contributed by atoms with E-state index in [4.69, 9.17) is 10.5 Å². The van der Waals surface area contributed by atoms with Gasteiger partial charge in [-0.3, -0.25) is 0 Å². The minimum Gasteiger partial charge on any atom is -0.465 e. The Morgan fingerprint density at radius 1 is 1.47 bits per heavy atom. The molecular formula is C14H21N3O2. The molecule has 1 aliphatic rings. The molecular weight excluding hydrogens is 242 g/mol. The van der Waals surface area contributed by atoms with Crippen LogP contribution in [0, 0.1) is 0 Å². The van der Waals surface area contributed by atoms with Gasteiger partial charge in [-0.2, -0.15) is 0 Å². The standard InChI is InChI=1S/C14H21N3O2/c1-10-6-4-3-5-9-17(10)13-12(15)11(7-8-16-13)14(18)19-2/h7-8,10H,3-6,9,15H2,1-2H3. The number of anilines is 2. The Kier molecular flexibility index (Phi) is 4.24. The fourth-order valence-corrected chi connectivity index (χ4v) is 2.57. The number of rotatable bonds is 2. The molecule has 0 aromatic carbocycles. The van der Waals surface area contributed by atoms with Crippen molar-refractivity contribution in [3.63, 3.8) is 0 Å². The lowest BCUT2D eigenvalue weighted by Gasteiger charge is -2.29. The Morgan fingerprint density at radius 2 is 2.26 bits per heavy atom. The Morgan fingerprint density at radius 3 is 3.00 bits per heavy atom. The average Bonchev–Trinajstić information content (AvgIpc) is 2.63. The van der Waals surface area contributed by atoms with Gasteiger partial charge < -0.3 is 15.4 Å². The maximum absolute atomic E-state index is 11.7. The van der Waals surface area contributed by atoms with E-state index >= 15 is 0 Å². The molecule has 1 atom stereocenters.